The van der Waals surface area contributed by atoms with Crippen LogP contribution >= 0.6 is 11.3 Å². The molecule has 1 fully saturated rings. The molecule has 1 aliphatic rings. The maximum atomic E-state index is 4.74. The van der Waals surface area contributed by atoms with Crippen LogP contribution in [0.2, 0.25) is 0 Å². The summed E-state index contributed by atoms with van der Waals surface area (Å²) in [5, 5.41) is 6.84. The standard InChI is InChI=1S/C13H15N3S/c1-3-10(7-14-5-1)12-9-17-13(16-12)11-4-2-6-15-8-11/h1,3,5,7,9,11,15H,2,4,6,8H2. The minimum Gasteiger partial charge on any atom is -0.316 e. The molecular formula is C13H15N3S. The van der Waals surface area contributed by atoms with Crippen molar-refractivity contribution in [3.05, 3.63) is 34.9 Å². The van der Waals surface area contributed by atoms with Gasteiger partial charge in [-0.2, -0.15) is 0 Å². The highest BCUT2D eigenvalue weighted by molar-refractivity contribution is 7.10. The van der Waals surface area contributed by atoms with Crippen LogP contribution in [0.1, 0.15) is 23.8 Å². The summed E-state index contributed by atoms with van der Waals surface area (Å²) in [6.45, 7) is 2.22. The van der Waals surface area contributed by atoms with Crippen molar-refractivity contribution in [2.24, 2.45) is 0 Å². The first-order valence-electron chi connectivity index (χ1n) is 6.00. The number of thiazole rings is 1. The number of hydrogen-bond acceptors (Lipinski definition) is 4. The Hall–Kier alpha value is -1.26. The van der Waals surface area contributed by atoms with Crippen LogP contribution in [0.3, 0.4) is 0 Å². The summed E-state index contributed by atoms with van der Waals surface area (Å²) in [6, 6.07) is 4.02. The van der Waals surface area contributed by atoms with Gasteiger partial charge in [0.15, 0.2) is 0 Å². The summed E-state index contributed by atoms with van der Waals surface area (Å²) in [7, 11) is 0. The quantitative estimate of drug-likeness (QED) is 0.884. The summed E-state index contributed by atoms with van der Waals surface area (Å²) in [5.41, 5.74) is 2.17. The molecule has 1 atom stereocenters. The third kappa shape index (κ3) is 2.37. The molecule has 2 aromatic heterocycles. The lowest BCUT2D eigenvalue weighted by Crippen LogP contribution is -2.28. The lowest BCUT2D eigenvalue weighted by atomic mass is 10.0. The minimum absolute atomic E-state index is 0.596. The van der Waals surface area contributed by atoms with Gasteiger partial charge in [0, 0.05) is 35.8 Å². The van der Waals surface area contributed by atoms with E-state index < -0.39 is 0 Å². The molecule has 1 aliphatic heterocycles. The van der Waals surface area contributed by atoms with E-state index in [4.69, 9.17) is 4.98 Å². The fraction of sp³-hybridized carbons (Fsp3) is 0.385. The Morgan fingerprint density at radius 3 is 3.18 bits per heavy atom. The number of nitrogens with one attached hydrogen (secondary N) is 1. The van der Waals surface area contributed by atoms with Gasteiger partial charge in [-0.3, -0.25) is 4.98 Å². The third-order valence-electron chi connectivity index (χ3n) is 3.13. The van der Waals surface area contributed by atoms with Crippen LogP contribution in [0, 0.1) is 0 Å². The molecule has 3 nitrogen and oxygen atoms in total. The second-order valence-electron chi connectivity index (χ2n) is 4.36. The van der Waals surface area contributed by atoms with E-state index in [2.05, 4.69) is 21.7 Å². The van der Waals surface area contributed by atoms with Crippen LogP contribution in [0.25, 0.3) is 11.3 Å². The molecular weight excluding hydrogens is 230 g/mol. The van der Waals surface area contributed by atoms with Crippen LogP contribution < -0.4 is 5.32 Å². The molecule has 0 saturated carbocycles. The van der Waals surface area contributed by atoms with Crippen molar-refractivity contribution in [1.82, 2.24) is 15.3 Å². The van der Waals surface area contributed by atoms with E-state index in [1.54, 1.807) is 17.5 Å². The van der Waals surface area contributed by atoms with Crippen LogP contribution in [0.15, 0.2) is 29.9 Å². The SMILES string of the molecule is c1cncc(-c2csc(C3CCCNC3)n2)c1. The summed E-state index contributed by atoms with van der Waals surface area (Å²) >= 11 is 1.77. The predicted molar refractivity (Wildman–Crippen MR) is 70.2 cm³/mol. The van der Waals surface area contributed by atoms with Gasteiger partial charge in [0.2, 0.25) is 0 Å². The summed E-state index contributed by atoms with van der Waals surface area (Å²) in [4.78, 5) is 8.88. The topological polar surface area (TPSA) is 37.8 Å². The Kier molecular flexibility index (Phi) is 3.16. The lowest BCUT2D eigenvalue weighted by molar-refractivity contribution is 0.460. The second kappa shape index (κ2) is 4.94. The number of piperidine rings is 1. The highest BCUT2D eigenvalue weighted by atomic mass is 32.1. The fourth-order valence-corrected chi connectivity index (χ4v) is 3.15. The summed E-state index contributed by atoms with van der Waals surface area (Å²) in [5.74, 6) is 0.596. The molecule has 1 saturated heterocycles. The van der Waals surface area contributed by atoms with E-state index in [1.165, 1.54) is 17.8 Å². The Morgan fingerprint density at radius 1 is 1.41 bits per heavy atom. The molecule has 0 amide bonds. The Morgan fingerprint density at radius 2 is 2.41 bits per heavy atom. The number of aromatic nitrogens is 2. The Labute approximate surface area is 105 Å². The number of nitrogens with zero attached hydrogens (tertiary/aromatic N) is 2. The molecule has 0 aliphatic carbocycles. The molecule has 4 heteroatoms. The van der Waals surface area contributed by atoms with Gasteiger partial charge in [-0.1, -0.05) is 0 Å². The van der Waals surface area contributed by atoms with Crippen molar-refractivity contribution in [3.63, 3.8) is 0 Å². The number of rotatable bonds is 2. The normalized spacial score (nSPS) is 20.4. The molecule has 0 bridgehead atoms. The van der Waals surface area contributed by atoms with E-state index in [0.717, 1.165) is 24.3 Å². The third-order valence-corrected chi connectivity index (χ3v) is 4.13. The van der Waals surface area contributed by atoms with E-state index in [0.29, 0.717) is 5.92 Å². The predicted octanol–water partition coefficient (Wildman–Crippen LogP) is 2.67. The minimum atomic E-state index is 0.596. The molecule has 17 heavy (non-hydrogen) atoms. The van der Waals surface area contributed by atoms with Crippen molar-refractivity contribution in [2.45, 2.75) is 18.8 Å². The van der Waals surface area contributed by atoms with Crippen molar-refractivity contribution >= 4 is 11.3 Å². The van der Waals surface area contributed by atoms with Crippen molar-refractivity contribution in [3.8, 4) is 11.3 Å². The molecule has 2 aromatic rings. The van der Waals surface area contributed by atoms with Gasteiger partial charge < -0.3 is 5.32 Å². The molecule has 1 N–H and O–H groups in total. The van der Waals surface area contributed by atoms with Crippen LogP contribution in [-0.2, 0) is 0 Å². The monoisotopic (exact) mass is 245 g/mol. The van der Waals surface area contributed by atoms with Gasteiger partial charge in [-0.25, -0.2) is 4.98 Å². The average Bonchev–Trinajstić information content (AvgIpc) is 2.90. The number of hydrogen-bond donors (Lipinski definition) is 1. The molecule has 3 heterocycles. The number of pyridine rings is 1. The zero-order valence-corrected chi connectivity index (χ0v) is 10.4. The first-order valence-corrected chi connectivity index (χ1v) is 6.88. The molecule has 88 valence electrons. The van der Waals surface area contributed by atoms with Crippen molar-refractivity contribution in [1.29, 1.82) is 0 Å². The van der Waals surface area contributed by atoms with E-state index >= 15 is 0 Å². The maximum Gasteiger partial charge on any atom is 0.0976 e. The van der Waals surface area contributed by atoms with E-state index in [1.807, 2.05) is 12.3 Å². The summed E-state index contributed by atoms with van der Waals surface area (Å²) in [6.07, 6.45) is 6.18. The van der Waals surface area contributed by atoms with E-state index in [-0.39, 0.29) is 0 Å². The molecule has 0 aromatic carbocycles. The van der Waals surface area contributed by atoms with Crippen LogP contribution in [0.4, 0.5) is 0 Å². The van der Waals surface area contributed by atoms with Gasteiger partial charge in [-0.15, -0.1) is 11.3 Å². The molecule has 3 rings (SSSR count). The highest BCUT2D eigenvalue weighted by Crippen LogP contribution is 2.29. The van der Waals surface area contributed by atoms with E-state index in [9.17, 15) is 0 Å². The lowest BCUT2D eigenvalue weighted by Gasteiger charge is -2.20. The maximum absolute atomic E-state index is 4.74. The Balaban J connectivity index is 1.83. The molecule has 0 radical (unpaired) electrons. The first kappa shape index (κ1) is 10.9. The van der Waals surface area contributed by atoms with Gasteiger partial charge >= 0.3 is 0 Å². The summed E-state index contributed by atoms with van der Waals surface area (Å²) < 4.78 is 0. The fourth-order valence-electron chi connectivity index (χ4n) is 2.18. The largest absolute Gasteiger partial charge is 0.316 e. The first-order chi connectivity index (χ1) is 8.43. The van der Waals surface area contributed by atoms with Crippen LogP contribution in [0.5, 0.6) is 0 Å². The van der Waals surface area contributed by atoms with Crippen LogP contribution in [-0.4, -0.2) is 23.1 Å². The smallest absolute Gasteiger partial charge is 0.0976 e. The zero-order valence-electron chi connectivity index (χ0n) is 9.60. The van der Waals surface area contributed by atoms with Gasteiger partial charge in [0.1, 0.15) is 0 Å². The highest BCUT2D eigenvalue weighted by Gasteiger charge is 2.18. The molecule has 0 spiro atoms. The van der Waals surface area contributed by atoms with Gasteiger partial charge in [0.05, 0.1) is 10.7 Å². The molecule has 1 unspecified atom stereocenters. The van der Waals surface area contributed by atoms with Crippen molar-refractivity contribution in [2.75, 3.05) is 13.1 Å². The van der Waals surface area contributed by atoms with Crippen molar-refractivity contribution < 1.29 is 0 Å². The Bertz CT molecular complexity index is 474. The van der Waals surface area contributed by atoms with Gasteiger partial charge in [0.25, 0.3) is 0 Å². The average molecular weight is 245 g/mol. The van der Waals surface area contributed by atoms with Gasteiger partial charge in [-0.05, 0) is 31.5 Å². The zero-order chi connectivity index (χ0) is 11.5. The second-order valence-corrected chi connectivity index (χ2v) is 5.25.